The zero-order chi connectivity index (χ0) is 21.4. The monoisotopic (exact) mass is 465 g/mol. The molecule has 0 atom stereocenters. The molecule has 8 heteroatoms. The highest BCUT2D eigenvalue weighted by Gasteiger charge is 2.16. The molecule has 2 heterocycles. The molecule has 0 unspecified atom stereocenters. The third-order valence-electron chi connectivity index (χ3n) is 4.93. The van der Waals surface area contributed by atoms with E-state index in [-0.39, 0.29) is 18.0 Å². The van der Waals surface area contributed by atoms with Crippen molar-refractivity contribution in [1.29, 1.82) is 0 Å². The van der Waals surface area contributed by atoms with Gasteiger partial charge in [0.25, 0.3) is 5.56 Å². The molecule has 7 nitrogen and oxygen atoms in total. The molecule has 0 aliphatic carbocycles. The fraction of sp³-hybridized carbons (Fsp3) is 0.182. The lowest BCUT2D eigenvalue weighted by atomic mass is 10.2. The quantitative estimate of drug-likeness (QED) is 0.495. The largest absolute Gasteiger partial charge is 0.321 e. The molecule has 0 bridgehead atoms. The summed E-state index contributed by atoms with van der Waals surface area (Å²) in [6, 6.07) is 13.3. The van der Waals surface area contributed by atoms with Crippen LogP contribution in [0.1, 0.15) is 17.0 Å². The summed E-state index contributed by atoms with van der Waals surface area (Å²) < 4.78 is 3.89. The Hall–Kier alpha value is -3.26. The van der Waals surface area contributed by atoms with E-state index in [4.69, 9.17) is 0 Å². The summed E-state index contributed by atoms with van der Waals surface area (Å²) in [5.74, 6) is -0.317. The van der Waals surface area contributed by atoms with E-state index in [1.165, 1.54) is 10.9 Å². The van der Waals surface area contributed by atoms with Gasteiger partial charge in [0.1, 0.15) is 6.54 Å². The summed E-state index contributed by atoms with van der Waals surface area (Å²) >= 11 is 3.36. The number of carbonyl (C=O) groups excluding carboxylic acids is 1. The van der Waals surface area contributed by atoms with Crippen molar-refractivity contribution >= 4 is 38.4 Å². The average molecular weight is 466 g/mol. The van der Waals surface area contributed by atoms with Crippen LogP contribution in [-0.4, -0.2) is 25.2 Å². The smallest absolute Gasteiger partial charge is 0.261 e. The first-order valence-electron chi connectivity index (χ1n) is 9.41. The standard InChI is InChI=1S/C22H20BrN5O2/c1-13-4-7-17(8-5-13)28-15(3)21(14(2)26-28)25-20(29)11-27-12-24-19-9-6-16(23)10-18(19)22(27)30/h4-10,12H,11H2,1-3H3,(H,25,29). The van der Waals surface area contributed by atoms with Gasteiger partial charge in [-0.3, -0.25) is 14.2 Å². The Kier molecular flexibility index (Phi) is 5.26. The van der Waals surface area contributed by atoms with Crippen molar-refractivity contribution in [3.63, 3.8) is 0 Å². The number of nitrogens with one attached hydrogen (secondary N) is 1. The molecule has 2 aromatic heterocycles. The number of fused-ring (bicyclic) bond motifs is 1. The second-order valence-electron chi connectivity index (χ2n) is 7.18. The van der Waals surface area contributed by atoms with Gasteiger partial charge in [-0.2, -0.15) is 5.10 Å². The van der Waals surface area contributed by atoms with Crippen molar-refractivity contribution in [1.82, 2.24) is 19.3 Å². The van der Waals surface area contributed by atoms with Crippen molar-refractivity contribution in [3.8, 4) is 5.69 Å². The van der Waals surface area contributed by atoms with E-state index in [1.807, 2.05) is 51.1 Å². The summed E-state index contributed by atoms with van der Waals surface area (Å²) in [6.07, 6.45) is 1.40. The second kappa shape index (κ2) is 7.87. The maximum Gasteiger partial charge on any atom is 0.261 e. The summed E-state index contributed by atoms with van der Waals surface area (Å²) in [4.78, 5) is 29.7. The number of aromatic nitrogens is 4. The third-order valence-corrected chi connectivity index (χ3v) is 5.43. The van der Waals surface area contributed by atoms with Gasteiger partial charge >= 0.3 is 0 Å². The molecule has 4 rings (SSSR count). The maximum absolute atomic E-state index is 12.7. The minimum atomic E-state index is -0.317. The topological polar surface area (TPSA) is 81.8 Å². The molecular formula is C22H20BrN5O2. The SMILES string of the molecule is Cc1ccc(-n2nc(C)c(NC(=O)Cn3cnc4ccc(Br)cc4c3=O)c2C)cc1. The molecule has 0 spiro atoms. The minimum absolute atomic E-state index is 0.136. The summed E-state index contributed by atoms with van der Waals surface area (Å²) in [5.41, 5.74) is 4.57. The van der Waals surface area contributed by atoms with Crippen molar-refractivity contribution in [2.75, 3.05) is 5.32 Å². The number of benzene rings is 2. The number of hydrogen-bond acceptors (Lipinski definition) is 4. The van der Waals surface area contributed by atoms with Gasteiger partial charge in [0.15, 0.2) is 0 Å². The van der Waals surface area contributed by atoms with E-state index in [1.54, 1.807) is 16.8 Å². The van der Waals surface area contributed by atoms with E-state index in [0.29, 0.717) is 22.3 Å². The lowest BCUT2D eigenvalue weighted by molar-refractivity contribution is -0.116. The molecular weight excluding hydrogens is 446 g/mol. The van der Waals surface area contributed by atoms with Crippen LogP contribution in [0.3, 0.4) is 0 Å². The number of rotatable bonds is 4. The van der Waals surface area contributed by atoms with Gasteiger partial charge in [-0.1, -0.05) is 33.6 Å². The highest BCUT2D eigenvalue weighted by Crippen LogP contribution is 2.23. The predicted molar refractivity (Wildman–Crippen MR) is 120 cm³/mol. The normalized spacial score (nSPS) is 11.1. The van der Waals surface area contributed by atoms with Crippen LogP contribution >= 0.6 is 15.9 Å². The molecule has 1 amide bonds. The zero-order valence-electron chi connectivity index (χ0n) is 16.8. The van der Waals surface area contributed by atoms with E-state index in [0.717, 1.165) is 21.4 Å². The van der Waals surface area contributed by atoms with Crippen LogP contribution in [0.2, 0.25) is 0 Å². The van der Waals surface area contributed by atoms with Gasteiger partial charge in [0.2, 0.25) is 5.91 Å². The van der Waals surface area contributed by atoms with E-state index in [9.17, 15) is 9.59 Å². The summed E-state index contributed by atoms with van der Waals surface area (Å²) in [6.45, 7) is 5.63. The molecule has 0 aliphatic rings. The predicted octanol–water partition coefficient (Wildman–Crippen LogP) is 3.91. The van der Waals surface area contributed by atoms with Crippen LogP contribution in [0, 0.1) is 20.8 Å². The Bertz CT molecular complexity index is 1320. The van der Waals surface area contributed by atoms with Gasteiger partial charge in [-0.25, -0.2) is 9.67 Å². The van der Waals surface area contributed by atoms with Crippen LogP contribution in [0.4, 0.5) is 5.69 Å². The number of halogens is 1. The van der Waals surface area contributed by atoms with Gasteiger partial charge < -0.3 is 5.32 Å². The van der Waals surface area contributed by atoms with Gasteiger partial charge in [0.05, 0.1) is 40.0 Å². The second-order valence-corrected chi connectivity index (χ2v) is 8.10. The Morgan fingerprint density at radius 1 is 1.10 bits per heavy atom. The van der Waals surface area contributed by atoms with Crippen LogP contribution < -0.4 is 10.9 Å². The number of anilines is 1. The zero-order valence-corrected chi connectivity index (χ0v) is 18.4. The number of hydrogen-bond donors (Lipinski definition) is 1. The third kappa shape index (κ3) is 3.78. The molecule has 2 aromatic carbocycles. The molecule has 0 saturated carbocycles. The lowest BCUT2D eigenvalue weighted by Gasteiger charge is -2.09. The fourth-order valence-electron chi connectivity index (χ4n) is 3.34. The van der Waals surface area contributed by atoms with E-state index < -0.39 is 0 Å². The highest BCUT2D eigenvalue weighted by molar-refractivity contribution is 9.10. The Morgan fingerprint density at radius 3 is 2.57 bits per heavy atom. The first kappa shape index (κ1) is 20.0. The molecule has 0 fully saturated rings. The number of carbonyl (C=O) groups is 1. The van der Waals surface area contributed by atoms with Crippen LogP contribution in [0.5, 0.6) is 0 Å². The fourth-order valence-corrected chi connectivity index (χ4v) is 3.70. The first-order chi connectivity index (χ1) is 14.3. The van der Waals surface area contributed by atoms with Gasteiger partial charge in [0, 0.05) is 4.47 Å². The summed E-state index contributed by atoms with van der Waals surface area (Å²) in [7, 11) is 0. The van der Waals surface area contributed by atoms with Crippen molar-refractivity contribution in [2.24, 2.45) is 0 Å². The first-order valence-corrected chi connectivity index (χ1v) is 10.2. The Morgan fingerprint density at radius 2 is 1.83 bits per heavy atom. The van der Waals surface area contributed by atoms with E-state index >= 15 is 0 Å². The summed E-state index contributed by atoms with van der Waals surface area (Å²) in [5, 5.41) is 7.91. The number of aryl methyl sites for hydroxylation is 2. The van der Waals surface area contributed by atoms with Crippen LogP contribution in [0.25, 0.3) is 16.6 Å². The molecule has 0 saturated heterocycles. The molecule has 30 heavy (non-hydrogen) atoms. The van der Waals surface area contributed by atoms with Crippen molar-refractivity contribution in [2.45, 2.75) is 27.3 Å². The van der Waals surface area contributed by atoms with Gasteiger partial charge in [-0.05, 0) is 51.1 Å². The van der Waals surface area contributed by atoms with Crippen LogP contribution in [-0.2, 0) is 11.3 Å². The molecule has 0 radical (unpaired) electrons. The molecule has 1 N–H and O–H groups in total. The Balaban J connectivity index is 1.59. The van der Waals surface area contributed by atoms with Crippen LogP contribution in [0.15, 0.2) is 58.1 Å². The number of amides is 1. The van der Waals surface area contributed by atoms with Gasteiger partial charge in [-0.15, -0.1) is 0 Å². The minimum Gasteiger partial charge on any atom is -0.321 e. The maximum atomic E-state index is 12.7. The van der Waals surface area contributed by atoms with Crippen molar-refractivity contribution < 1.29 is 4.79 Å². The van der Waals surface area contributed by atoms with Crippen molar-refractivity contribution in [3.05, 3.63) is 80.6 Å². The lowest BCUT2D eigenvalue weighted by Crippen LogP contribution is -2.28. The number of nitrogens with zero attached hydrogens (tertiary/aromatic N) is 4. The Labute approximate surface area is 181 Å². The molecule has 4 aromatic rings. The molecule has 0 aliphatic heterocycles. The van der Waals surface area contributed by atoms with E-state index in [2.05, 4.69) is 31.3 Å². The highest BCUT2D eigenvalue weighted by atomic mass is 79.9. The molecule has 152 valence electrons. The average Bonchev–Trinajstić information content (AvgIpc) is 2.99.